The minimum absolute atomic E-state index is 0.256. The van der Waals surface area contributed by atoms with E-state index in [0.717, 1.165) is 9.14 Å². The van der Waals surface area contributed by atoms with Crippen LogP contribution in [-0.4, -0.2) is 6.09 Å². The summed E-state index contributed by atoms with van der Waals surface area (Å²) in [6, 6.07) is 15.3. The number of cyclic esters (lactones) is 1. The van der Waals surface area contributed by atoms with Crippen molar-refractivity contribution in [2.45, 2.75) is 6.04 Å². The van der Waals surface area contributed by atoms with Crippen LogP contribution in [0.1, 0.15) is 17.2 Å². The lowest BCUT2D eigenvalue weighted by Crippen LogP contribution is -2.33. The Morgan fingerprint density at radius 3 is 2.38 bits per heavy atom. The van der Waals surface area contributed by atoms with Gasteiger partial charge in [0.15, 0.2) is 5.76 Å². The van der Waals surface area contributed by atoms with E-state index < -0.39 is 6.09 Å². The summed E-state index contributed by atoms with van der Waals surface area (Å²) in [6.45, 7) is 0. The monoisotopic (exact) mass is 395 g/mol. The maximum atomic E-state index is 13.0. The fraction of sp³-hybridized carbons (Fsp3) is 0.0625. The summed E-state index contributed by atoms with van der Waals surface area (Å²) in [5, 5.41) is 2.79. The second-order valence-corrected chi connectivity index (χ2v) is 5.72. The Labute approximate surface area is 135 Å². The number of carbonyl (C=O) groups excluding carboxylic acids is 1. The standard InChI is InChI=1S/C16H11FINO2/c17-12-8-6-11(7-9-12)15-13(18)14(19-16(20)21-15)10-4-2-1-3-5-10/h1-9,14H,(H,19,20)/t14-/m0/s1. The molecule has 0 spiro atoms. The molecule has 1 atom stereocenters. The third-order valence-corrected chi connectivity index (χ3v) is 4.28. The van der Waals surface area contributed by atoms with E-state index in [2.05, 4.69) is 27.9 Å². The number of benzene rings is 2. The molecular formula is C16H11FINO2. The van der Waals surface area contributed by atoms with Gasteiger partial charge in [-0.2, -0.15) is 0 Å². The van der Waals surface area contributed by atoms with E-state index in [9.17, 15) is 9.18 Å². The average molecular weight is 395 g/mol. The molecule has 0 saturated heterocycles. The van der Waals surface area contributed by atoms with E-state index in [0.29, 0.717) is 11.3 Å². The van der Waals surface area contributed by atoms with Crippen molar-refractivity contribution < 1.29 is 13.9 Å². The highest BCUT2D eigenvalue weighted by molar-refractivity contribution is 14.1. The molecule has 0 bridgehead atoms. The van der Waals surface area contributed by atoms with Crippen LogP contribution in [0.5, 0.6) is 0 Å². The SMILES string of the molecule is O=C1N[C@@H](c2ccccc2)C(I)=C(c2ccc(F)cc2)O1. The third kappa shape index (κ3) is 2.92. The fourth-order valence-corrected chi connectivity index (χ4v) is 3.09. The number of ether oxygens (including phenoxy) is 1. The van der Waals surface area contributed by atoms with Crippen molar-refractivity contribution in [3.63, 3.8) is 0 Å². The van der Waals surface area contributed by atoms with E-state index in [1.807, 2.05) is 30.3 Å². The summed E-state index contributed by atoms with van der Waals surface area (Å²) in [4.78, 5) is 11.8. The number of hydrogen-bond donors (Lipinski definition) is 1. The topological polar surface area (TPSA) is 38.3 Å². The third-order valence-electron chi connectivity index (χ3n) is 3.17. The highest BCUT2D eigenvalue weighted by Gasteiger charge is 2.29. The van der Waals surface area contributed by atoms with E-state index in [4.69, 9.17) is 4.74 Å². The summed E-state index contributed by atoms with van der Waals surface area (Å²) in [7, 11) is 0. The summed E-state index contributed by atoms with van der Waals surface area (Å²) in [6.07, 6.45) is -0.511. The lowest BCUT2D eigenvalue weighted by molar-refractivity contribution is 0.184. The molecule has 3 rings (SSSR count). The highest BCUT2D eigenvalue weighted by Crippen LogP contribution is 2.37. The van der Waals surface area contributed by atoms with Crippen LogP contribution in [0.15, 0.2) is 58.2 Å². The zero-order chi connectivity index (χ0) is 14.8. The summed E-state index contributed by atoms with van der Waals surface area (Å²) in [5.41, 5.74) is 1.65. The van der Waals surface area contributed by atoms with Crippen LogP contribution < -0.4 is 5.32 Å². The average Bonchev–Trinajstić information content (AvgIpc) is 2.51. The number of halogens is 2. The molecule has 1 heterocycles. The Kier molecular flexibility index (Phi) is 3.92. The first-order chi connectivity index (χ1) is 10.1. The van der Waals surface area contributed by atoms with Gasteiger partial charge in [0.25, 0.3) is 0 Å². The summed E-state index contributed by atoms with van der Waals surface area (Å²) < 4.78 is 19.2. The van der Waals surface area contributed by atoms with Gasteiger partial charge < -0.3 is 10.1 Å². The van der Waals surface area contributed by atoms with Gasteiger partial charge >= 0.3 is 6.09 Å². The van der Waals surface area contributed by atoms with Crippen molar-refractivity contribution in [3.8, 4) is 0 Å². The van der Waals surface area contributed by atoms with Gasteiger partial charge in [-0.25, -0.2) is 9.18 Å². The van der Waals surface area contributed by atoms with Crippen LogP contribution in [0.25, 0.3) is 5.76 Å². The number of alkyl carbamates (subject to hydrolysis) is 1. The lowest BCUT2D eigenvalue weighted by atomic mass is 10.0. The number of carbonyl (C=O) groups is 1. The van der Waals surface area contributed by atoms with Gasteiger partial charge in [-0.1, -0.05) is 30.3 Å². The van der Waals surface area contributed by atoms with Crippen molar-refractivity contribution in [1.29, 1.82) is 0 Å². The second-order valence-electron chi connectivity index (χ2n) is 4.56. The molecule has 1 aliphatic rings. The molecule has 5 heteroatoms. The Bertz CT molecular complexity index is 698. The van der Waals surface area contributed by atoms with Crippen LogP contribution in [0.4, 0.5) is 9.18 Å². The molecular weight excluding hydrogens is 384 g/mol. The van der Waals surface area contributed by atoms with Crippen LogP contribution in [0.3, 0.4) is 0 Å². The Morgan fingerprint density at radius 1 is 1.05 bits per heavy atom. The van der Waals surface area contributed by atoms with Gasteiger partial charge in [0.05, 0.1) is 9.62 Å². The Morgan fingerprint density at radius 2 is 1.71 bits per heavy atom. The van der Waals surface area contributed by atoms with Crippen molar-refractivity contribution in [1.82, 2.24) is 5.32 Å². The molecule has 0 aromatic heterocycles. The molecule has 0 radical (unpaired) electrons. The predicted octanol–water partition coefficient (Wildman–Crippen LogP) is 4.41. The fourth-order valence-electron chi connectivity index (χ4n) is 2.16. The normalized spacial score (nSPS) is 18.2. The minimum atomic E-state index is -0.511. The molecule has 2 aromatic carbocycles. The lowest BCUT2D eigenvalue weighted by Gasteiger charge is -2.26. The van der Waals surface area contributed by atoms with E-state index in [-0.39, 0.29) is 11.9 Å². The van der Waals surface area contributed by atoms with E-state index >= 15 is 0 Å². The highest BCUT2D eigenvalue weighted by atomic mass is 127. The van der Waals surface area contributed by atoms with Gasteiger partial charge in [-0.3, -0.25) is 0 Å². The largest absolute Gasteiger partial charge is 0.413 e. The number of hydrogen-bond acceptors (Lipinski definition) is 2. The van der Waals surface area contributed by atoms with Crippen molar-refractivity contribution in [2.75, 3.05) is 0 Å². The van der Waals surface area contributed by atoms with Gasteiger partial charge in [-0.15, -0.1) is 0 Å². The zero-order valence-corrected chi connectivity index (χ0v) is 13.0. The maximum absolute atomic E-state index is 13.0. The van der Waals surface area contributed by atoms with Crippen molar-refractivity contribution in [2.24, 2.45) is 0 Å². The number of nitrogens with one attached hydrogen (secondary N) is 1. The molecule has 1 aliphatic heterocycles. The van der Waals surface area contributed by atoms with E-state index in [1.165, 1.54) is 12.1 Å². The molecule has 2 aromatic rings. The molecule has 21 heavy (non-hydrogen) atoms. The maximum Gasteiger partial charge on any atom is 0.413 e. The summed E-state index contributed by atoms with van der Waals surface area (Å²) in [5.74, 6) is 0.141. The number of amides is 1. The predicted molar refractivity (Wildman–Crippen MR) is 86.1 cm³/mol. The van der Waals surface area contributed by atoms with Crippen LogP contribution in [-0.2, 0) is 4.74 Å². The molecule has 0 saturated carbocycles. The van der Waals surface area contributed by atoms with Gasteiger partial charge in [-0.05, 0) is 52.4 Å². The van der Waals surface area contributed by atoms with E-state index in [1.54, 1.807) is 12.1 Å². The minimum Gasteiger partial charge on any atom is -0.409 e. The summed E-state index contributed by atoms with van der Waals surface area (Å²) >= 11 is 2.15. The van der Waals surface area contributed by atoms with Crippen molar-refractivity contribution >= 4 is 34.4 Å². The molecule has 3 nitrogen and oxygen atoms in total. The molecule has 0 unspecified atom stereocenters. The van der Waals surface area contributed by atoms with Gasteiger partial charge in [0.1, 0.15) is 5.82 Å². The smallest absolute Gasteiger partial charge is 0.409 e. The number of rotatable bonds is 2. The molecule has 1 N–H and O–H groups in total. The first-order valence-corrected chi connectivity index (χ1v) is 7.42. The van der Waals surface area contributed by atoms with Gasteiger partial charge in [0, 0.05) is 5.56 Å². The van der Waals surface area contributed by atoms with Gasteiger partial charge in [0.2, 0.25) is 0 Å². The van der Waals surface area contributed by atoms with Crippen LogP contribution in [0.2, 0.25) is 0 Å². The zero-order valence-electron chi connectivity index (χ0n) is 10.8. The quantitative estimate of drug-likeness (QED) is 0.766. The van der Waals surface area contributed by atoms with Crippen LogP contribution in [0, 0.1) is 5.82 Å². The molecule has 0 fully saturated rings. The Balaban J connectivity index is 2.05. The molecule has 106 valence electrons. The second kappa shape index (κ2) is 5.85. The molecule has 1 amide bonds. The first kappa shape index (κ1) is 14.1. The first-order valence-electron chi connectivity index (χ1n) is 6.34. The molecule has 0 aliphatic carbocycles. The van der Waals surface area contributed by atoms with Crippen molar-refractivity contribution in [3.05, 3.63) is 75.1 Å². The Hall–Kier alpha value is -1.89. The van der Waals surface area contributed by atoms with Crippen LogP contribution >= 0.6 is 22.6 Å².